The van der Waals surface area contributed by atoms with Crippen molar-refractivity contribution in [2.75, 3.05) is 6.54 Å². The Morgan fingerprint density at radius 1 is 0.950 bits per heavy atom. The third-order valence-electron chi connectivity index (χ3n) is 3.11. The number of rotatable bonds is 6. The fraction of sp³-hybridized carbons (Fsp3) is 0.235. The Labute approximate surface area is 128 Å². The van der Waals surface area contributed by atoms with Crippen LogP contribution in [0.2, 0.25) is 0 Å². The van der Waals surface area contributed by atoms with Crippen LogP contribution in [0.1, 0.15) is 17.5 Å². The van der Waals surface area contributed by atoms with Gasteiger partial charge in [-0.25, -0.2) is 0 Å². The van der Waals surface area contributed by atoms with Gasteiger partial charge >= 0.3 is 0 Å². The van der Waals surface area contributed by atoms with Gasteiger partial charge in [0, 0.05) is 17.4 Å². The minimum Gasteiger partial charge on any atom is -0.356 e. The Hall–Kier alpha value is -1.61. The number of aryl methyl sites for hydroxylation is 1. The highest BCUT2D eigenvalue weighted by Crippen LogP contribution is 2.12. The van der Waals surface area contributed by atoms with Crippen molar-refractivity contribution in [3.8, 4) is 0 Å². The van der Waals surface area contributed by atoms with Crippen LogP contribution in [0.5, 0.6) is 0 Å². The summed E-state index contributed by atoms with van der Waals surface area (Å²) in [5, 5.41) is 2.97. The lowest BCUT2D eigenvalue weighted by molar-refractivity contribution is -0.121. The van der Waals surface area contributed by atoms with E-state index in [0.29, 0.717) is 13.0 Å². The molecule has 2 nitrogen and oxygen atoms in total. The third-order valence-corrected chi connectivity index (χ3v) is 3.60. The van der Waals surface area contributed by atoms with E-state index >= 15 is 0 Å². The number of amides is 1. The summed E-state index contributed by atoms with van der Waals surface area (Å²) >= 11 is 3.44. The summed E-state index contributed by atoms with van der Waals surface area (Å²) < 4.78 is 1.06. The zero-order valence-corrected chi connectivity index (χ0v) is 12.9. The number of hydrogen-bond acceptors (Lipinski definition) is 1. The SMILES string of the molecule is O=C(CCc1cccc(Br)c1)NCCc1ccccc1. The number of halogens is 1. The average Bonchev–Trinajstić information content (AvgIpc) is 2.46. The largest absolute Gasteiger partial charge is 0.356 e. The number of hydrogen-bond donors (Lipinski definition) is 1. The van der Waals surface area contributed by atoms with Crippen LogP contribution in [-0.2, 0) is 17.6 Å². The second kappa shape index (κ2) is 7.85. The number of benzene rings is 2. The number of carbonyl (C=O) groups excluding carboxylic acids is 1. The minimum atomic E-state index is 0.112. The second-order valence-electron chi connectivity index (χ2n) is 4.72. The van der Waals surface area contributed by atoms with Gasteiger partial charge in [0.15, 0.2) is 0 Å². The van der Waals surface area contributed by atoms with Crippen molar-refractivity contribution in [2.45, 2.75) is 19.3 Å². The van der Waals surface area contributed by atoms with Crippen LogP contribution in [0.25, 0.3) is 0 Å². The molecule has 2 aromatic carbocycles. The van der Waals surface area contributed by atoms with Crippen molar-refractivity contribution >= 4 is 21.8 Å². The summed E-state index contributed by atoms with van der Waals surface area (Å²) in [7, 11) is 0. The molecule has 0 aliphatic rings. The molecule has 0 spiro atoms. The normalized spacial score (nSPS) is 10.2. The number of nitrogens with one attached hydrogen (secondary N) is 1. The summed E-state index contributed by atoms with van der Waals surface area (Å²) in [6.45, 7) is 0.696. The van der Waals surface area contributed by atoms with E-state index in [0.717, 1.165) is 17.3 Å². The lowest BCUT2D eigenvalue weighted by Crippen LogP contribution is -2.25. The molecule has 0 aliphatic heterocycles. The molecule has 1 N–H and O–H groups in total. The fourth-order valence-electron chi connectivity index (χ4n) is 2.03. The first-order valence-corrected chi connectivity index (χ1v) is 7.58. The van der Waals surface area contributed by atoms with Gasteiger partial charge in [-0.1, -0.05) is 58.4 Å². The highest BCUT2D eigenvalue weighted by Gasteiger charge is 2.02. The molecule has 0 aliphatic carbocycles. The van der Waals surface area contributed by atoms with Gasteiger partial charge in [0.05, 0.1) is 0 Å². The molecule has 0 saturated heterocycles. The molecule has 104 valence electrons. The summed E-state index contributed by atoms with van der Waals surface area (Å²) in [5.41, 5.74) is 2.43. The van der Waals surface area contributed by atoms with E-state index in [1.807, 2.05) is 36.4 Å². The van der Waals surface area contributed by atoms with Crippen LogP contribution in [0, 0.1) is 0 Å². The van der Waals surface area contributed by atoms with Crippen molar-refractivity contribution in [3.63, 3.8) is 0 Å². The van der Waals surface area contributed by atoms with E-state index in [1.165, 1.54) is 11.1 Å². The van der Waals surface area contributed by atoms with Gasteiger partial charge in [0.25, 0.3) is 0 Å². The van der Waals surface area contributed by atoms with Crippen molar-refractivity contribution in [1.29, 1.82) is 0 Å². The first-order chi connectivity index (χ1) is 9.74. The first kappa shape index (κ1) is 14.8. The minimum absolute atomic E-state index is 0.112. The van der Waals surface area contributed by atoms with Crippen molar-refractivity contribution in [1.82, 2.24) is 5.32 Å². The maximum atomic E-state index is 11.8. The summed E-state index contributed by atoms with van der Waals surface area (Å²) in [6, 6.07) is 18.3. The molecule has 0 heterocycles. The van der Waals surface area contributed by atoms with Gasteiger partial charge in [0.2, 0.25) is 5.91 Å². The topological polar surface area (TPSA) is 29.1 Å². The second-order valence-corrected chi connectivity index (χ2v) is 5.63. The summed E-state index contributed by atoms with van der Waals surface area (Å²) in [5.74, 6) is 0.112. The molecule has 20 heavy (non-hydrogen) atoms. The van der Waals surface area contributed by atoms with Crippen LogP contribution < -0.4 is 5.32 Å². The van der Waals surface area contributed by atoms with E-state index in [4.69, 9.17) is 0 Å². The zero-order valence-electron chi connectivity index (χ0n) is 11.3. The zero-order chi connectivity index (χ0) is 14.2. The molecular formula is C17H18BrNO. The monoisotopic (exact) mass is 331 g/mol. The fourth-order valence-corrected chi connectivity index (χ4v) is 2.48. The van der Waals surface area contributed by atoms with Crippen molar-refractivity contribution in [2.24, 2.45) is 0 Å². The van der Waals surface area contributed by atoms with E-state index in [2.05, 4.69) is 39.4 Å². The van der Waals surface area contributed by atoms with Crippen LogP contribution in [0.4, 0.5) is 0 Å². The molecule has 2 rings (SSSR count). The molecule has 0 aromatic heterocycles. The molecule has 0 saturated carbocycles. The molecule has 2 aromatic rings. The van der Waals surface area contributed by atoms with E-state index < -0.39 is 0 Å². The molecule has 0 fully saturated rings. The maximum absolute atomic E-state index is 11.8. The Kier molecular flexibility index (Phi) is 5.81. The Bertz CT molecular complexity index is 554. The quantitative estimate of drug-likeness (QED) is 0.858. The lowest BCUT2D eigenvalue weighted by Gasteiger charge is -2.06. The molecule has 0 bridgehead atoms. The van der Waals surface area contributed by atoms with Gasteiger partial charge < -0.3 is 5.32 Å². The van der Waals surface area contributed by atoms with Crippen molar-refractivity contribution < 1.29 is 4.79 Å². The Morgan fingerprint density at radius 2 is 1.70 bits per heavy atom. The van der Waals surface area contributed by atoms with Crippen LogP contribution in [0.15, 0.2) is 59.1 Å². The summed E-state index contributed by atoms with van der Waals surface area (Å²) in [6.07, 6.45) is 2.19. The van der Waals surface area contributed by atoms with E-state index in [1.54, 1.807) is 0 Å². The molecule has 1 amide bonds. The Balaban J connectivity index is 1.68. The molecule has 0 radical (unpaired) electrons. The van der Waals surface area contributed by atoms with Crippen LogP contribution in [0.3, 0.4) is 0 Å². The van der Waals surface area contributed by atoms with Gasteiger partial charge in [-0.05, 0) is 36.1 Å². The van der Waals surface area contributed by atoms with Gasteiger partial charge in [-0.2, -0.15) is 0 Å². The number of carbonyl (C=O) groups is 1. The summed E-state index contributed by atoms with van der Waals surface area (Å²) in [4.78, 5) is 11.8. The predicted molar refractivity (Wildman–Crippen MR) is 85.6 cm³/mol. The molecule has 3 heteroatoms. The first-order valence-electron chi connectivity index (χ1n) is 6.79. The average molecular weight is 332 g/mol. The Morgan fingerprint density at radius 3 is 2.45 bits per heavy atom. The van der Waals surface area contributed by atoms with Crippen LogP contribution in [-0.4, -0.2) is 12.5 Å². The molecular weight excluding hydrogens is 314 g/mol. The highest BCUT2D eigenvalue weighted by atomic mass is 79.9. The third kappa shape index (κ3) is 5.17. The van der Waals surface area contributed by atoms with Gasteiger partial charge in [-0.3, -0.25) is 4.79 Å². The van der Waals surface area contributed by atoms with E-state index in [9.17, 15) is 4.79 Å². The van der Waals surface area contributed by atoms with Gasteiger partial charge in [-0.15, -0.1) is 0 Å². The highest BCUT2D eigenvalue weighted by molar-refractivity contribution is 9.10. The van der Waals surface area contributed by atoms with Gasteiger partial charge in [0.1, 0.15) is 0 Å². The predicted octanol–water partition coefficient (Wildman–Crippen LogP) is 3.74. The maximum Gasteiger partial charge on any atom is 0.220 e. The van der Waals surface area contributed by atoms with Crippen molar-refractivity contribution in [3.05, 3.63) is 70.2 Å². The van der Waals surface area contributed by atoms with E-state index in [-0.39, 0.29) is 5.91 Å². The lowest BCUT2D eigenvalue weighted by atomic mass is 10.1. The molecule has 0 unspecified atom stereocenters. The smallest absolute Gasteiger partial charge is 0.220 e. The molecule has 0 atom stereocenters. The standard InChI is InChI=1S/C17H18BrNO/c18-16-8-4-7-15(13-16)9-10-17(20)19-12-11-14-5-2-1-3-6-14/h1-8,13H,9-12H2,(H,19,20). The van der Waals surface area contributed by atoms with Crippen LogP contribution >= 0.6 is 15.9 Å².